The second-order valence-corrected chi connectivity index (χ2v) is 6.19. The molecule has 4 rings (SSSR count). The number of carbonyl (C=O) groups is 1. The molecule has 2 aromatic carbocycles. The fourth-order valence-electron chi connectivity index (χ4n) is 2.95. The van der Waals surface area contributed by atoms with Crippen molar-refractivity contribution in [2.45, 2.75) is 13.0 Å². The first kappa shape index (κ1) is 15.7. The van der Waals surface area contributed by atoms with Gasteiger partial charge in [-0.1, -0.05) is 23.7 Å². The molecule has 0 bridgehead atoms. The lowest BCUT2D eigenvalue weighted by Crippen LogP contribution is -2.31. The Morgan fingerprint density at radius 3 is 2.72 bits per heavy atom. The van der Waals surface area contributed by atoms with Crippen molar-refractivity contribution in [3.8, 4) is 11.4 Å². The van der Waals surface area contributed by atoms with Crippen LogP contribution in [0.1, 0.15) is 11.4 Å². The van der Waals surface area contributed by atoms with E-state index in [0.717, 1.165) is 22.7 Å². The zero-order valence-corrected chi connectivity index (χ0v) is 14.3. The number of methoxy groups -OCH3 is 1. The van der Waals surface area contributed by atoms with Crippen molar-refractivity contribution in [2.24, 2.45) is 0 Å². The van der Waals surface area contributed by atoms with Gasteiger partial charge in [-0.05, 0) is 35.9 Å². The minimum Gasteiger partial charge on any atom is -0.497 e. The second-order valence-electron chi connectivity index (χ2n) is 5.75. The third kappa shape index (κ3) is 2.85. The van der Waals surface area contributed by atoms with E-state index in [1.165, 1.54) is 0 Å². The molecule has 0 saturated heterocycles. The van der Waals surface area contributed by atoms with Crippen molar-refractivity contribution < 1.29 is 9.53 Å². The van der Waals surface area contributed by atoms with Crippen LogP contribution in [-0.2, 0) is 17.8 Å². The summed E-state index contributed by atoms with van der Waals surface area (Å²) in [7, 11) is 1.63. The van der Waals surface area contributed by atoms with Gasteiger partial charge in [0.15, 0.2) is 0 Å². The normalized spacial score (nSPS) is 13.2. The van der Waals surface area contributed by atoms with Crippen molar-refractivity contribution >= 4 is 23.2 Å². The summed E-state index contributed by atoms with van der Waals surface area (Å²) in [4.78, 5) is 14.6. The number of rotatable bonds is 3. The molecule has 0 aliphatic carbocycles. The molecule has 0 saturated carbocycles. The quantitative estimate of drug-likeness (QED) is 0.725. The van der Waals surface area contributed by atoms with E-state index in [1.54, 1.807) is 30.5 Å². The van der Waals surface area contributed by atoms with Gasteiger partial charge in [-0.15, -0.1) is 10.2 Å². The Kier molecular flexibility index (Phi) is 3.89. The molecule has 1 amide bonds. The number of anilines is 1. The Balaban J connectivity index is 1.78. The van der Waals surface area contributed by atoms with E-state index in [1.807, 2.05) is 34.9 Å². The third-order valence-electron chi connectivity index (χ3n) is 4.22. The zero-order valence-electron chi connectivity index (χ0n) is 13.5. The van der Waals surface area contributed by atoms with E-state index in [4.69, 9.17) is 16.3 Å². The van der Waals surface area contributed by atoms with Gasteiger partial charge in [0.25, 0.3) is 0 Å². The van der Waals surface area contributed by atoms with Gasteiger partial charge in [0.05, 0.1) is 31.5 Å². The summed E-state index contributed by atoms with van der Waals surface area (Å²) in [5.41, 5.74) is 2.58. The molecule has 2 heterocycles. The van der Waals surface area contributed by atoms with Crippen LogP contribution in [0.2, 0.25) is 5.02 Å². The Morgan fingerprint density at radius 1 is 1.16 bits per heavy atom. The summed E-state index contributed by atoms with van der Waals surface area (Å²) in [6.45, 7) is 0.439. The molecular formula is C18H15ClN4O2. The number of ether oxygens (including phenoxy) is 1. The lowest BCUT2D eigenvalue weighted by molar-refractivity contribution is -0.118. The first-order valence-electron chi connectivity index (χ1n) is 7.78. The number of benzene rings is 2. The molecule has 1 aromatic heterocycles. The molecule has 7 heteroatoms. The molecule has 6 nitrogen and oxygen atoms in total. The van der Waals surface area contributed by atoms with Crippen LogP contribution in [0.4, 0.5) is 5.69 Å². The number of amides is 1. The minimum absolute atomic E-state index is 0.0499. The van der Waals surface area contributed by atoms with Crippen molar-refractivity contribution in [1.29, 1.82) is 0 Å². The number of halogens is 1. The molecule has 0 unspecified atom stereocenters. The monoisotopic (exact) mass is 354 g/mol. The van der Waals surface area contributed by atoms with Crippen molar-refractivity contribution in [2.75, 3.05) is 12.0 Å². The van der Waals surface area contributed by atoms with E-state index in [2.05, 4.69) is 10.2 Å². The Hall–Kier alpha value is -2.86. The van der Waals surface area contributed by atoms with Gasteiger partial charge >= 0.3 is 0 Å². The molecule has 1 aliphatic heterocycles. The zero-order chi connectivity index (χ0) is 17.4. The van der Waals surface area contributed by atoms with Gasteiger partial charge < -0.3 is 9.64 Å². The Bertz CT molecular complexity index is 937. The van der Waals surface area contributed by atoms with Gasteiger partial charge in [0.1, 0.15) is 17.9 Å². The van der Waals surface area contributed by atoms with Crippen LogP contribution < -0.4 is 9.64 Å². The highest BCUT2D eigenvalue weighted by Gasteiger charge is 2.27. The van der Waals surface area contributed by atoms with E-state index in [0.29, 0.717) is 17.4 Å². The molecular weight excluding hydrogens is 340 g/mol. The number of carbonyl (C=O) groups excluding carboxylic acids is 1. The summed E-state index contributed by atoms with van der Waals surface area (Å²) in [6.07, 6.45) is 1.80. The fraction of sp³-hybridized carbons (Fsp3) is 0.167. The van der Waals surface area contributed by atoms with Crippen LogP contribution in [0.15, 0.2) is 48.8 Å². The number of nitrogens with zero attached hydrogens (tertiary/aromatic N) is 4. The SMILES string of the molecule is COc1ccc(CN2C(=O)Cc3nncn3-c3ccc(Cl)cc32)cc1. The summed E-state index contributed by atoms with van der Waals surface area (Å²) in [5.74, 6) is 1.34. The lowest BCUT2D eigenvalue weighted by Gasteiger charge is -2.23. The highest BCUT2D eigenvalue weighted by atomic mass is 35.5. The third-order valence-corrected chi connectivity index (χ3v) is 4.45. The minimum atomic E-state index is -0.0499. The second kappa shape index (κ2) is 6.22. The van der Waals surface area contributed by atoms with Crippen LogP contribution in [0.3, 0.4) is 0 Å². The van der Waals surface area contributed by atoms with Crippen molar-refractivity contribution in [3.05, 3.63) is 65.2 Å². The summed E-state index contributed by atoms with van der Waals surface area (Å²) >= 11 is 6.19. The molecule has 126 valence electrons. The Labute approximate surface area is 149 Å². The van der Waals surface area contributed by atoms with Gasteiger partial charge in [-0.3, -0.25) is 9.36 Å². The van der Waals surface area contributed by atoms with Crippen LogP contribution >= 0.6 is 11.6 Å². The molecule has 25 heavy (non-hydrogen) atoms. The van der Waals surface area contributed by atoms with Gasteiger partial charge in [-0.25, -0.2) is 0 Å². The van der Waals surface area contributed by atoms with E-state index < -0.39 is 0 Å². The molecule has 1 aliphatic rings. The standard InChI is InChI=1S/C18H15ClN4O2/c1-25-14-5-2-12(3-6-14)10-22-16-8-13(19)4-7-15(16)23-11-20-21-17(23)9-18(22)24/h2-8,11H,9-10H2,1H3. The topological polar surface area (TPSA) is 60.2 Å². The van der Waals surface area contributed by atoms with Gasteiger partial charge in [-0.2, -0.15) is 0 Å². The maximum absolute atomic E-state index is 12.9. The molecule has 0 atom stereocenters. The van der Waals surface area contributed by atoms with Crippen LogP contribution in [-0.4, -0.2) is 27.8 Å². The summed E-state index contributed by atoms with van der Waals surface area (Å²) in [6, 6.07) is 13.1. The lowest BCUT2D eigenvalue weighted by atomic mass is 10.1. The number of hydrogen-bond donors (Lipinski definition) is 0. The van der Waals surface area contributed by atoms with E-state index >= 15 is 0 Å². The maximum Gasteiger partial charge on any atom is 0.235 e. The summed E-state index contributed by atoms with van der Waals surface area (Å²) < 4.78 is 7.02. The summed E-state index contributed by atoms with van der Waals surface area (Å²) in [5, 5.41) is 8.57. The van der Waals surface area contributed by atoms with Crippen LogP contribution in [0.5, 0.6) is 5.75 Å². The first-order valence-corrected chi connectivity index (χ1v) is 8.15. The highest BCUT2D eigenvalue weighted by Crippen LogP contribution is 2.32. The first-order chi connectivity index (χ1) is 12.2. The van der Waals surface area contributed by atoms with E-state index in [9.17, 15) is 4.79 Å². The van der Waals surface area contributed by atoms with Gasteiger partial charge in [0.2, 0.25) is 5.91 Å². The van der Waals surface area contributed by atoms with Crippen molar-refractivity contribution in [3.63, 3.8) is 0 Å². The molecule has 0 radical (unpaired) electrons. The van der Waals surface area contributed by atoms with Crippen LogP contribution in [0, 0.1) is 0 Å². The number of hydrogen-bond acceptors (Lipinski definition) is 4. The predicted octanol–water partition coefficient (Wildman–Crippen LogP) is 3.02. The fourth-order valence-corrected chi connectivity index (χ4v) is 3.12. The average Bonchev–Trinajstić information content (AvgIpc) is 3.04. The molecule has 0 fully saturated rings. The smallest absolute Gasteiger partial charge is 0.235 e. The molecule has 3 aromatic rings. The van der Waals surface area contributed by atoms with Crippen molar-refractivity contribution in [1.82, 2.24) is 14.8 Å². The largest absolute Gasteiger partial charge is 0.497 e. The number of fused-ring (bicyclic) bond motifs is 3. The van der Waals surface area contributed by atoms with E-state index in [-0.39, 0.29) is 12.3 Å². The van der Waals surface area contributed by atoms with Crippen LogP contribution in [0.25, 0.3) is 5.69 Å². The average molecular weight is 355 g/mol. The predicted molar refractivity (Wildman–Crippen MR) is 94.3 cm³/mol. The maximum atomic E-state index is 12.9. The Morgan fingerprint density at radius 2 is 1.96 bits per heavy atom. The highest BCUT2D eigenvalue weighted by molar-refractivity contribution is 6.31. The van der Waals surface area contributed by atoms with Gasteiger partial charge in [0, 0.05) is 5.02 Å². The molecule has 0 N–H and O–H groups in total. The molecule has 0 spiro atoms. The number of aromatic nitrogens is 3.